The highest BCUT2D eigenvalue weighted by Gasteiger charge is 2.28. The molecule has 3 N–H and O–H groups in total. The summed E-state index contributed by atoms with van der Waals surface area (Å²) in [7, 11) is 0. The number of carbonyl (C=O) groups is 1. The minimum Gasteiger partial charge on any atom is -0.465 e. The van der Waals surface area contributed by atoms with E-state index in [4.69, 9.17) is 16.3 Å². The molecule has 0 aliphatic rings. The molecule has 0 spiro atoms. The van der Waals surface area contributed by atoms with Crippen molar-refractivity contribution in [2.24, 2.45) is 0 Å². The molecule has 1 aromatic heterocycles. The minimum atomic E-state index is -0.867. The van der Waals surface area contributed by atoms with Crippen molar-refractivity contribution in [3.8, 4) is 11.1 Å². The van der Waals surface area contributed by atoms with Crippen LogP contribution in [0.2, 0.25) is 5.02 Å². The van der Waals surface area contributed by atoms with E-state index in [2.05, 4.69) is 25.9 Å². The maximum Gasteiger partial charge on any atom is 0.323 e. The molecule has 8 nitrogen and oxygen atoms in total. The third kappa shape index (κ3) is 7.95. The van der Waals surface area contributed by atoms with Crippen LogP contribution >= 0.6 is 11.6 Å². The maximum atomic E-state index is 12.9. The molecule has 0 amide bonds. The number of ether oxygens (including phenoxy) is 1. The van der Waals surface area contributed by atoms with Gasteiger partial charge >= 0.3 is 5.97 Å². The van der Waals surface area contributed by atoms with Gasteiger partial charge in [0, 0.05) is 17.5 Å². The third-order valence-electron chi connectivity index (χ3n) is 6.36. The Labute approximate surface area is 227 Å². The monoisotopic (exact) mass is 533 g/mol. The zero-order valence-electron chi connectivity index (χ0n) is 21.3. The number of aromatic nitrogens is 4. The Hall–Kier alpha value is -3.59. The number of aliphatic hydroxyl groups is 1. The minimum absolute atomic E-state index is 0.184. The smallest absolute Gasteiger partial charge is 0.323 e. The summed E-state index contributed by atoms with van der Waals surface area (Å²) in [5.74, 6) is 0.0640. The number of benzene rings is 3. The summed E-state index contributed by atoms with van der Waals surface area (Å²) in [5.41, 5.74) is 4.20. The molecule has 3 aromatic carbocycles. The predicted molar refractivity (Wildman–Crippen MR) is 147 cm³/mol. The average Bonchev–Trinajstić information content (AvgIpc) is 3.44. The van der Waals surface area contributed by atoms with Crippen LogP contribution in [0.3, 0.4) is 0 Å². The number of aromatic amines is 1. The third-order valence-corrected chi connectivity index (χ3v) is 6.60. The second-order valence-corrected chi connectivity index (χ2v) is 9.55. The molecule has 0 aliphatic heterocycles. The second-order valence-electron chi connectivity index (χ2n) is 9.11. The number of halogens is 1. The van der Waals surface area contributed by atoms with Crippen LogP contribution in [-0.4, -0.2) is 56.5 Å². The van der Waals surface area contributed by atoms with E-state index in [-0.39, 0.29) is 19.0 Å². The number of carbonyl (C=O) groups excluding carboxylic acids is 1. The maximum absolute atomic E-state index is 12.9. The fraction of sp³-hybridized carbons (Fsp3) is 0.310. The number of hydrogen-bond donors (Lipinski definition) is 3. The zero-order valence-corrected chi connectivity index (χ0v) is 22.0. The lowest BCUT2D eigenvalue weighted by molar-refractivity contribution is -0.146. The van der Waals surface area contributed by atoms with Gasteiger partial charge in [0.05, 0.1) is 12.7 Å². The Morgan fingerprint density at radius 1 is 1.00 bits per heavy atom. The van der Waals surface area contributed by atoms with Crippen molar-refractivity contribution >= 4 is 17.6 Å². The molecule has 4 rings (SSSR count). The predicted octanol–water partition coefficient (Wildman–Crippen LogP) is 4.19. The van der Waals surface area contributed by atoms with Gasteiger partial charge in [-0.15, -0.1) is 10.2 Å². The Morgan fingerprint density at radius 3 is 2.47 bits per heavy atom. The number of aryl methyl sites for hydroxylation is 1. The highest BCUT2D eigenvalue weighted by Crippen LogP contribution is 2.24. The summed E-state index contributed by atoms with van der Waals surface area (Å²) in [6.07, 6.45) is 1.02. The quantitative estimate of drug-likeness (QED) is 0.221. The summed E-state index contributed by atoms with van der Waals surface area (Å²) in [5, 5.41) is 29.2. The molecule has 0 radical (unpaired) electrons. The van der Waals surface area contributed by atoms with E-state index in [1.165, 1.54) is 0 Å². The SMILES string of the molecule is CCOC(=O)[C@H](CCc1ccccc1)N[C@@H](Cc1ccc(-c2cccc(Cl)c2)cc1)C(O)Cc1nn[nH]n1. The van der Waals surface area contributed by atoms with E-state index in [9.17, 15) is 9.90 Å². The van der Waals surface area contributed by atoms with Gasteiger partial charge in [-0.3, -0.25) is 10.1 Å². The lowest BCUT2D eigenvalue weighted by Crippen LogP contribution is -2.51. The van der Waals surface area contributed by atoms with Crippen LogP contribution < -0.4 is 5.32 Å². The van der Waals surface area contributed by atoms with Gasteiger partial charge in [-0.05, 0) is 60.6 Å². The van der Waals surface area contributed by atoms with Crippen molar-refractivity contribution in [2.45, 2.75) is 50.8 Å². The summed E-state index contributed by atoms with van der Waals surface area (Å²) < 4.78 is 5.37. The van der Waals surface area contributed by atoms with Gasteiger partial charge in [-0.1, -0.05) is 83.5 Å². The van der Waals surface area contributed by atoms with Crippen LogP contribution in [0.1, 0.15) is 30.3 Å². The zero-order chi connectivity index (χ0) is 26.7. The van der Waals surface area contributed by atoms with Crippen molar-refractivity contribution in [2.75, 3.05) is 6.61 Å². The van der Waals surface area contributed by atoms with Crippen LogP contribution in [0, 0.1) is 0 Å². The average molecular weight is 534 g/mol. The number of tetrazole rings is 1. The Balaban J connectivity index is 1.52. The molecule has 0 fully saturated rings. The molecular formula is C29H32ClN5O3. The highest BCUT2D eigenvalue weighted by atomic mass is 35.5. The first-order chi connectivity index (χ1) is 18.5. The second kappa shape index (κ2) is 13.8. The molecule has 0 bridgehead atoms. The molecule has 0 saturated heterocycles. The highest BCUT2D eigenvalue weighted by molar-refractivity contribution is 6.30. The van der Waals surface area contributed by atoms with E-state index in [1.807, 2.05) is 78.9 Å². The van der Waals surface area contributed by atoms with Gasteiger partial charge in [0.2, 0.25) is 0 Å². The summed E-state index contributed by atoms with van der Waals surface area (Å²) in [6, 6.07) is 24.7. The van der Waals surface area contributed by atoms with Crippen LogP contribution in [0.5, 0.6) is 0 Å². The molecular weight excluding hydrogens is 502 g/mol. The summed E-state index contributed by atoms with van der Waals surface area (Å²) in [4.78, 5) is 12.9. The van der Waals surface area contributed by atoms with Gasteiger partial charge < -0.3 is 9.84 Å². The van der Waals surface area contributed by atoms with E-state index in [0.717, 1.165) is 22.3 Å². The molecule has 38 heavy (non-hydrogen) atoms. The molecule has 1 heterocycles. The molecule has 1 unspecified atom stereocenters. The first kappa shape index (κ1) is 27.4. The van der Waals surface area contributed by atoms with Gasteiger partial charge in [0.25, 0.3) is 0 Å². The van der Waals surface area contributed by atoms with Crippen molar-refractivity contribution in [1.29, 1.82) is 0 Å². The van der Waals surface area contributed by atoms with Gasteiger partial charge in [-0.2, -0.15) is 5.21 Å². The number of hydrogen-bond acceptors (Lipinski definition) is 7. The normalized spacial score (nSPS) is 13.6. The summed E-state index contributed by atoms with van der Waals surface area (Å²) in [6.45, 7) is 2.07. The van der Waals surface area contributed by atoms with Gasteiger partial charge in [0.1, 0.15) is 6.04 Å². The van der Waals surface area contributed by atoms with Crippen LogP contribution in [0.15, 0.2) is 78.9 Å². The van der Waals surface area contributed by atoms with Gasteiger partial charge in [-0.25, -0.2) is 0 Å². The number of rotatable bonds is 13. The number of esters is 1. The van der Waals surface area contributed by atoms with Crippen molar-refractivity contribution < 1.29 is 14.6 Å². The van der Waals surface area contributed by atoms with Crippen LogP contribution in [-0.2, 0) is 28.8 Å². The molecule has 198 valence electrons. The molecule has 0 aliphatic carbocycles. The van der Waals surface area contributed by atoms with Crippen LogP contribution in [0.4, 0.5) is 0 Å². The Kier molecular flexibility index (Phi) is 9.97. The van der Waals surface area contributed by atoms with E-state index < -0.39 is 18.2 Å². The molecule has 4 aromatic rings. The lowest BCUT2D eigenvalue weighted by Gasteiger charge is -2.28. The summed E-state index contributed by atoms with van der Waals surface area (Å²) >= 11 is 6.16. The van der Waals surface area contributed by atoms with Crippen LogP contribution in [0.25, 0.3) is 11.1 Å². The fourth-order valence-corrected chi connectivity index (χ4v) is 4.58. The number of nitrogens with one attached hydrogen (secondary N) is 2. The largest absolute Gasteiger partial charge is 0.465 e. The number of H-pyrrole nitrogens is 1. The number of aliphatic hydroxyl groups excluding tert-OH is 1. The van der Waals surface area contributed by atoms with Crippen molar-refractivity contribution in [1.82, 2.24) is 25.9 Å². The molecule has 9 heteroatoms. The topological polar surface area (TPSA) is 113 Å². The first-order valence-electron chi connectivity index (χ1n) is 12.7. The van der Waals surface area contributed by atoms with Gasteiger partial charge in [0.15, 0.2) is 5.82 Å². The first-order valence-corrected chi connectivity index (χ1v) is 13.1. The van der Waals surface area contributed by atoms with E-state index in [0.29, 0.717) is 30.1 Å². The van der Waals surface area contributed by atoms with E-state index >= 15 is 0 Å². The fourth-order valence-electron chi connectivity index (χ4n) is 4.39. The lowest BCUT2D eigenvalue weighted by atomic mass is 9.95. The molecule has 3 atom stereocenters. The van der Waals surface area contributed by atoms with Crippen molar-refractivity contribution in [3.63, 3.8) is 0 Å². The standard InChI is InChI=1S/C29H32ClN5O3/c1-2-38-29(37)25(16-13-20-7-4-3-5-8-20)31-26(27(36)19-28-32-34-35-33-28)17-21-11-14-22(15-12-21)23-9-6-10-24(30)18-23/h3-12,14-15,18,25-27,31,36H,2,13,16-17,19H2,1H3,(H,32,33,34,35)/t25-,26-,27?/m0/s1. The van der Waals surface area contributed by atoms with E-state index in [1.54, 1.807) is 6.92 Å². The van der Waals surface area contributed by atoms with Crippen molar-refractivity contribution in [3.05, 3.63) is 101 Å². The Morgan fingerprint density at radius 2 is 1.79 bits per heavy atom. The Bertz CT molecular complexity index is 1270. The molecule has 0 saturated carbocycles. The number of nitrogens with zero attached hydrogens (tertiary/aromatic N) is 3.